The van der Waals surface area contributed by atoms with Crippen LogP contribution in [-0.4, -0.2) is 22.5 Å². The first-order chi connectivity index (χ1) is 15.6. The minimum Gasteiger partial charge on any atom is -0.415 e. The van der Waals surface area contributed by atoms with Gasteiger partial charge in [-0.2, -0.15) is 0 Å². The molecule has 0 bridgehead atoms. The van der Waals surface area contributed by atoms with Crippen molar-refractivity contribution in [3.63, 3.8) is 0 Å². The molecule has 1 nitrogen and oxygen atoms in total. The molecule has 0 saturated heterocycles. The average molecular weight is 467 g/mol. The Morgan fingerprint density at radius 2 is 1.73 bits per heavy atom. The molecule has 3 aromatic rings. The summed E-state index contributed by atoms with van der Waals surface area (Å²) in [6.07, 6.45) is 4.82. The van der Waals surface area contributed by atoms with Gasteiger partial charge in [-0.1, -0.05) is 89.7 Å². The molecule has 3 aliphatic rings. The second-order valence-corrected chi connectivity index (χ2v) is 20.5. The zero-order valence-corrected chi connectivity index (χ0v) is 22.8. The summed E-state index contributed by atoms with van der Waals surface area (Å²) in [4.78, 5) is 0. The third-order valence-corrected chi connectivity index (χ3v) is 12.2. The smallest absolute Gasteiger partial charge is 0.184 e. The number of fused-ring (bicyclic) bond motifs is 5. The maximum Gasteiger partial charge on any atom is 0.184 e. The van der Waals surface area contributed by atoms with E-state index in [0.717, 1.165) is 12.8 Å². The Morgan fingerprint density at radius 3 is 2.52 bits per heavy atom. The lowest BCUT2D eigenvalue weighted by Gasteiger charge is -2.27. The van der Waals surface area contributed by atoms with Crippen LogP contribution in [-0.2, 0) is 10.8 Å². The van der Waals surface area contributed by atoms with Crippen molar-refractivity contribution in [2.75, 3.05) is 0 Å². The fourth-order valence-electron chi connectivity index (χ4n) is 6.52. The standard InChI is InChI=1S/C30H34OSi2/c1-19(31-32(2,3)4)15-22-16-20-11-8-10-14-24(20)28(22)29-26-17-21-12-7-9-13-23(21)25(26)18-27-30(29)33(27,5)6/h7-14,16,18-19,28H,15,17H2,1-6H3. The van der Waals surface area contributed by atoms with E-state index in [2.05, 4.69) is 100 Å². The van der Waals surface area contributed by atoms with E-state index in [1.165, 1.54) is 27.8 Å². The Morgan fingerprint density at radius 1 is 1.00 bits per heavy atom. The zero-order chi connectivity index (χ0) is 23.1. The predicted octanol–water partition coefficient (Wildman–Crippen LogP) is 6.55. The Kier molecular flexibility index (Phi) is 4.62. The summed E-state index contributed by atoms with van der Waals surface area (Å²) >= 11 is 0. The van der Waals surface area contributed by atoms with Crippen LogP contribution in [0.25, 0.3) is 17.2 Å². The molecule has 2 atom stereocenters. The second kappa shape index (κ2) is 7.15. The van der Waals surface area contributed by atoms with E-state index >= 15 is 0 Å². The van der Waals surface area contributed by atoms with Crippen LogP contribution in [0.3, 0.4) is 0 Å². The van der Waals surface area contributed by atoms with E-state index in [0.29, 0.717) is 5.92 Å². The van der Waals surface area contributed by atoms with E-state index in [9.17, 15) is 0 Å². The van der Waals surface area contributed by atoms with Crippen LogP contribution >= 0.6 is 0 Å². The number of rotatable bonds is 5. The summed E-state index contributed by atoms with van der Waals surface area (Å²) in [5.74, 6) is 0.376. The summed E-state index contributed by atoms with van der Waals surface area (Å²) in [6, 6.07) is 20.7. The highest BCUT2D eigenvalue weighted by Gasteiger charge is 2.50. The van der Waals surface area contributed by atoms with Crippen LogP contribution in [0.1, 0.15) is 47.1 Å². The van der Waals surface area contributed by atoms with Crippen LogP contribution in [0.2, 0.25) is 32.7 Å². The Labute approximate surface area is 200 Å². The molecule has 168 valence electrons. The second-order valence-electron chi connectivity index (χ2n) is 11.7. The maximum atomic E-state index is 6.52. The van der Waals surface area contributed by atoms with Gasteiger partial charge < -0.3 is 4.43 Å². The quantitative estimate of drug-likeness (QED) is 0.303. The summed E-state index contributed by atoms with van der Waals surface area (Å²) in [6.45, 7) is 14.3. The van der Waals surface area contributed by atoms with Crippen molar-refractivity contribution < 1.29 is 4.43 Å². The molecule has 3 heteroatoms. The lowest BCUT2D eigenvalue weighted by atomic mass is 9.82. The third-order valence-electron chi connectivity index (χ3n) is 7.77. The molecular weight excluding hydrogens is 433 g/mol. The first kappa shape index (κ1) is 21.3. The number of benzene rings is 3. The van der Waals surface area contributed by atoms with Crippen molar-refractivity contribution >= 4 is 32.8 Å². The first-order valence-electron chi connectivity index (χ1n) is 12.4. The highest BCUT2D eigenvalue weighted by molar-refractivity contribution is 7.16. The molecule has 33 heavy (non-hydrogen) atoms. The molecule has 0 aromatic heterocycles. The van der Waals surface area contributed by atoms with Crippen molar-refractivity contribution in [1.82, 2.24) is 0 Å². The Bertz CT molecular complexity index is 1330. The molecule has 0 saturated carbocycles. The molecule has 3 aromatic carbocycles. The van der Waals surface area contributed by atoms with E-state index in [4.69, 9.17) is 4.43 Å². The van der Waals surface area contributed by atoms with Gasteiger partial charge in [-0.05, 0) is 78.4 Å². The van der Waals surface area contributed by atoms with Crippen LogP contribution in [0.5, 0.6) is 0 Å². The molecule has 0 fully saturated rings. The number of hydrogen-bond donors (Lipinski definition) is 0. The molecule has 6 rings (SSSR count). The van der Waals surface area contributed by atoms with Gasteiger partial charge in [0.2, 0.25) is 0 Å². The van der Waals surface area contributed by atoms with Gasteiger partial charge in [-0.25, -0.2) is 0 Å². The van der Waals surface area contributed by atoms with Gasteiger partial charge in [-0.3, -0.25) is 0 Å². The van der Waals surface area contributed by atoms with Gasteiger partial charge in [0.15, 0.2) is 8.32 Å². The lowest BCUT2D eigenvalue weighted by molar-refractivity contribution is 0.213. The van der Waals surface area contributed by atoms with Gasteiger partial charge in [-0.15, -0.1) is 0 Å². The van der Waals surface area contributed by atoms with Crippen molar-refractivity contribution in [3.05, 3.63) is 88.0 Å². The minimum absolute atomic E-state index is 0.252. The maximum absolute atomic E-state index is 6.52. The van der Waals surface area contributed by atoms with Gasteiger partial charge in [0.1, 0.15) is 8.07 Å². The molecule has 2 unspecified atom stereocenters. The molecule has 1 aliphatic heterocycles. The van der Waals surface area contributed by atoms with E-state index in [-0.39, 0.29) is 6.10 Å². The summed E-state index contributed by atoms with van der Waals surface area (Å²) in [5.41, 5.74) is 12.2. The largest absolute Gasteiger partial charge is 0.415 e. The highest BCUT2D eigenvalue weighted by atomic mass is 28.4. The van der Waals surface area contributed by atoms with Gasteiger partial charge >= 0.3 is 0 Å². The van der Waals surface area contributed by atoms with E-state index < -0.39 is 16.4 Å². The molecule has 0 amide bonds. The van der Waals surface area contributed by atoms with Gasteiger partial charge in [0.05, 0.1) is 0 Å². The Balaban J connectivity index is 1.51. The average Bonchev–Trinajstić information content (AvgIpc) is 3.04. The molecule has 0 radical (unpaired) electrons. The van der Waals surface area contributed by atoms with Crippen LogP contribution < -0.4 is 10.4 Å². The topological polar surface area (TPSA) is 9.23 Å². The molecule has 0 spiro atoms. The normalized spacial score (nSPS) is 19.9. The van der Waals surface area contributed by atoms with E-state index in [1.54, 1.807) is 27.1 Å². The van der Waals surface area contributed by atoms with Crippen molar-refractivity contribution in [3.8, 4) is 11.1 Å². The van der Waals surface area contributed by atoms with Gasteiger partial charge in [0.25, 0.3) is 0 Å². The van der Waals surface area contributed by atoms with Crippen LogP contribution in [0, 0.1) is 0 Å². The summed E-state index contributed by atoms with van der Waals surface area (Å²) in [7, 11) is -3.03. The first-order valence-corrected chi connectivity index (χ1v) is 18.8. The van der Waals surface area contributed by atoms with Crippen molar-refractivity contribution in [1.29, 1.82) is 0 Å². The van der Waals surface area contributed by atoms with Gasteiger partial charge in [0, 0.05) is 12.0 Å². The monoisotopic (exact) mass is 466 g/mol. The third kappa shape index (κ3) is 3.36. The summed E-state index contributed by atoms with van der Waals surface area (Å²) < 4.78 is 6.52. The lowest BCUT2D eigenvalue weighted by Crippen LogP contribution is -2.31. The molecule has 2 aliphatic carbocycles. The minimum atomic E-state index is -1.58. The van der Waals surface area contributed by atoms with Crippen LogP contribution in [0.15, 0.2) is 60.2 Å². The highest BCUT2D eigenvalue weighted by Crippen LogP contribution is 2.49. The predicted molar refractivity (Wildman–Crippen MR) is 146 cm³/mol. The fourth-order valence-corrected chi connectivity index (χ4v) is 11.2. The number of hydrogen-bond acceptors (Lipinski definition) is 1. The Hall–Kier alpha value is -2.21. The van der Waals surface area contributed by atoms with E-state index in [1.807, 2.05) is 0 Å². The molecule has 1 heterocycles. The van der Waals surface area contributed by atoms with Crippen molar-refractivity contribution in [2.45, 2.75) is 64.5 Å². The van der Waals surface area contributed by atoms with Crippen molar-refractivity contribution in [2.24, 2.45) is 0 Å². The zero-order valence-electron chi connectivity index (χ0n) is 20.8. The van der Waals surface area contributed by atoms with Crippen LogP contribution in [0.4, 0.5) is 0 Å². The SMILES string of the molecule is CC(CC1=Cc2ccccc2C1c1c2c(cc3c1[Si]3(C)C)-c1ccccc1C2)O[Si](C)(C)C. The fraction of sp³-hybridized carbons (Fsp3) is 0.333. The molecular formula is C30H34OSi2. The molecule has 0 N–H and O–H groups in total. The summed E-state index contributed by atoms with van der Waals surface area (Å²) in [5, 5.41) is 3.42.